The van der Waals surface area contributed by atoms with Crippen molar-refractivity contribution in [2.24, 2.45) is 0 Å². The van der Waals surface area contributed by atoms with E-state index in [9.17, 15) is 9.59 Å². The maximum absolute atomic E-state index is 12.4. The molecular weight excluding hydrogens is 340 g/mol. The minimum Gasteiger partial charge on any atom is -0.482 e. The number of thiophene rings is 1. The second kappa shape index (κ2) is 6.72. The van der Waals surface area contributed by atoms with Crippen LogP contribution in [0, 0.1) is 0 Å². The Kier molecular flexibility index (Phi) is 4.63. The molecule has 2 aromatic rings. The van der Waals surface area contributed by atoms with E-state index >= 15 is 0 Å². The van der Waals surface area contributed by atoms with Crippen LogP contribution in [0.3, 0.4) is 0 Å². The average Bonchev–Trinajstić information content (AvgIpc) is 3.13. The van der Waals surface area contributed by atoms with Crippen LogP contribution in [0.1, 0.15) is 36.0 Å². The van der Waals surface area contributed by atoms with Crippen LogP contribution >= 0.6 is 11.3 Å². The second-order valence-electron chi connectivity index (χ2n) is 6.49. The molecule has 0 fully saturated rings. The van der Waals surface area contributed by atoms with Crippen molar-refractivity contribution in [1.29, 1.82) is 0 Å². The van der Waals surface area contributed by atoms with Crippen LogP contribution in [-0.4, -0.2) is 24.0 Å². The Bertz CT molecular complexity index is 828. The van der Waals surface area contributed by atoms with E-state index in [4.69, 9.17) is 14.2 Å². The van der Waals surface area contributed by atoms with Crippen LogP contribution in [0.15, 0.2) is 41.5 Å². The van der Waals surface area contributed by atoms with Crippen LogP contribution in [0.2, 0.25) is 0 Å². The third-order valence-corrected chi connectivity index (χ3v) is 4.05. The molecule has 0 aliphatic carbocycles. The lowest BCUT2D eigenvalue weighted by atomic mass is 10.1. The van der Waals surface area contributed by atoms with E-state index in [-0.39, 0.29) is 18.1 Å². The van der Waals surface area contributed by atoms with Gasteiger partial charge in [-0.1, -0.05) is 6.07 Å². The third-order valence-electron chi connectivity index (χ3n) is 3.23. The first kappa shape index (κ1) is 17.2. The molecule has 2 heterocycles. The molecule has 0 saturated heterocycles. The molecule has 0 N–H and O–H groups in total. The highest BCUT2D eigenvalue weighted by Crippen LogP contribution is 2.35. The van der Waals surface area contributed by atoms with Gasteiger partial charge in [0.05, 0.1) is 5.56 Å². The van der Waals surface area contributed by atoms with Gasteiger partial charge >= 0.3 is 5.97 Å². The summed E-state index contributed by atoms with van der Waals surface area (Å²) in [6, 6.07) is 8.70. The molecule has 0 saturated carbocycles. The zero-order valence-electron chi connectivity index (χ0n) is 14.2. The summed E-state index contributed by atoms with van der Waals surface area (Å²) in [4.78, 5) is 25.0. The first-order valence-electron chi connectivity index (χ1n) is 7.78. The van der Waals surface area contributed by atoms with Crippen molar-refractivity contribution in [3.63, 3.8) is 0 Å². The first-order chi connectivity index (χ1) is 11.8. The Labute approximate surface area is 149 Å². The molecule has 5 nitrogen and oxygen atoms in total. The molecule has 0 atom stereocenters. The van der Waals surface area contributed by atoms with Gasteiger partial charge in [-0.05, 0) is 44.4 Å². The van der Waals surface area contributed by atoms with E-state index in [1.54, 1.807) is 45.0 Å². The Morgan fingerprint density at radius 2 is 2.08 bits per heavy atom. The Hall–Kier alpha value is -2.60. The van der Waals surface area contributed by atoms with Crippen molar-refractivity contribution in [3.05, 3.63) is 51.9 Å². The monoisotopic (exact) mass is 358 g/mol. The van der Waals surface area contributed by atoms with Gasteiger partial charge in [0, 0.05) is 17.0 Å². The van der Waals surface area contributed by atoms with E-state index in [1.807, 2.05) is 17.5 Å². The molecule has 0 bridgehead atoms. The minimum absolute atomic E-state index is 0.165. The second-order valence-corrected chi connectivity index (χ2v) is 7.47. The van der Waals surface area contributed by atoms with Gasteiger partial charge in [-0.3, -0.25) is 4.79 Å². The number of ketones is 1. The van der Waals surface area contributed by atoms with Crippen LogP contribution < -0.4 is 9.47 Å². The van der Waals surface area contributed by atoms with Crippen molar-refractivity contribution in [2.75, 3.05) is 6.61 Å². The lowest BCUT2D eigenvalue weighted by molar-refractivity contribution is -0.157. The number of Topliss-reactive ketones (excluding diaryl/α,β-unsaturated/α-hetero) is 1. The number of carbonyl (C=O) groups excluding carboxylic acids is 2. The van der Waals surface area contributed by atoms with Gasteiger partial charge in [0.25, 0.3) is 0 Å². The maximum Gasteiger partial charge on any atom is 0.344 e. The summed E-state index contributed by atoms with van der Waals surface area (Å²) in [7, 11) is 0. The fraction of sp³-hybridized carbons (Fsp3) is 0.263. The average molecular weight is 358 g/mol. The molecule has 1 aliphatic rings. The number of benzene rings is 1. The molecule has 1 aromatic carbocycles. The SMILES string of the molecule is CC(C)(C)OC(=O)COc1ccc2c(c1)O/C(=C\c1cccs1)C2=O. The smallest absolute Gasteiger partial charge is 0.344 e. The maximum atomic E-state index is 12.4. The highest BCUT2D eigenvalue weighted by atomic mass is 32.1. The normalized spacial score (nSPS) is 15.0. The summed E-state index contributed by atoms with van der Waals surface area (Å²) < 4.78 is 16.3. The standard InChI is InChI=1S/C19H18O5S/c1-19(2,3)24-17(20)11-22-12-6-7-14-15(9-12)23-16(18(14)21)10-13-5-4-8-25-13/h4-10H,11H2,1-3H3/b16-10-. The molecule has 1 aromatic heterocycles. The summed E-state index contributed by atoms with van der Waals surface area (Å²) in [6.45, 7) is 5.17. The van der Waals surface area contributed by atoms with E-state index < -0.39 is 11.6 Å². The number of allylic oxidation sites excluding steroid dienone is 1. The molecule has 130 valence electrons. The van der Waals surface area contributed by atoms with Gasteiger partial charge in [0.1, 0.15) is 17.1 Å². The minimum atomic E-state index is -0.560. The number of carbonyl (C=O) groups is 2. The lowest BCUT2D eigenvalue weighted by Gasteiger charge is -2.19. The fourth-order valence-electron chi connectivity index (χ4n) is 2.27. The number of hydrogen-bond donors (Lipinski definition) is 0. The van der Waals surface area contributed by atoms with Crippen molar-refractivity contribution in [3.8, 4) is 11.5 Å². The summed E-state index contributed by atoms with van der Waals surface area (Å²) >= 11 is 1.52. The van der Waals surface area contributed by atoms with Crippen LogP contribution in [0.25, 0.3) is 6.08 Å². The van der Waals surface area contributed by atoms with Crippen molar-refractivity contribution < 1.29 is 23.8 Å². The van der Waals surface area contributed by atoms with Crippen molar-refractivity contribution in [2.45, 2.75) is 26.4 Å². The first-order valence-corrected chi connectivity index (χ1v) is 8.66. The highest BCUT2D eigenvalue weighted by Gasteiger charge is 2.28. The molecule has 25 heavy (non-hydrogen) atoms. The van der Waals surface area contributed by atoms with Crippen molar-refractivity contribution >= 4 is 29.2 Å². The summed E-state index contributed by atoms with van der Waals surface area (Å²) in [5.41, 5.74) is -0.0810. The van der Waals surface area contributed by atoms with E-state index in [2.05, 4.69) is 0 Å². The number of hydrogen-bond acceptors (Lipinski definition) is 6. The van der Waals surface area contributed by atoms with Crippen LogP contribution in [-0.2, 0) is 9.53 Å². The van der Waals surface area contributed by atoms with Gasteiger partial charge in [-0.2, -0.15) is 0 Å². The molecule has 0 spiro atoms. The predicted octanol–water partition coefficient (Wildman–Crippen LogP) is 4.08. The molecule has 6 heteroatoms. The van der Waals surface area contributed by atoms with Gasteiger partial charge in [0.15, 0.2) is 12.4 Å². The summed E-state index contributed by atoms with van der Waals surface area (Å²) in [6.07, 6.45) is 1.72. The van der Waals surface area contributed by atoms with Gasteiger partial charge in [-0.15, -0.1) is 11.3 Å². The summed E-state index contributed by atoms with van der Waals surface area (Å²) in [5, 5.41) is 1.93. The van der Waals surface area contributed by atoms with Crippen LogP contribution in [0.5, 0.6) is 11.5 Å². The molecule has 3 rings (SSSR count). The number of ether oxygens (including phenoxy) is 3. The zero-order chi connectivity index (χ0) is 18.0. The van der Waals surface area contributed by atoms with Gasteiger partial charge < -0.3 is 14.2 Å². The Morgan fingerprint density at radius 1 is 1.28 bits per heavy atom. The molecular formula is C19H18O5S. The van der Waals surface area contributed by atoms with Crippen LogP contribution in [0.4, 0.5) is 0 Å². The van der Waals surface area contributed by atoms with Gasteiger partial charge in [0.2, 0.25) is 5.78 Å². The quantitative estimate of drug-likeness (QED) is 0.609. The summed E-state index contributed by atoms with van der Waals surface area (Å²) in [5.74, 6) is 0.524. The number of fused-ring (bicyclic) bond motifs is 1. The zero-order valence-corrected chi connectivity index (χ0v) is 15.0. The molecule has 1 aliphatic heterocycles. The Morgan fingerprint density at radius 3 is 2.76 bits per heavy atom. The molecule has 0 amide bonds. The predicted molar refractivity (Wildman–Crippen MR) is 95.0 cm³/mol. The van der Waals surface area contributed by atoms with Crippen molar-refractivity contribution in [1.82, 2.24) is 0 Å². The Balaban J connectivity index is 1.69. The molecule has 0 unspecified atom stereocenters. The topological polar surface area (TPSA) is 61.8 Å². The van der Waals surface area contributed by atoms with E-state index in [0.29, 0.717) is 17.1 Å². The largest absolute Gasteiger partial charge is 0.482 e. The number of rotatable bonds is 4. The molecule has 0 radical (unpaired) electrons. The van der Waals surface area contributed by atoms with E-state index in [0.717, 1.165) is 4.88 Å². The lowest BCUT2D eigenvalue weighted by Crippen LogP contribution is -2.27. The van der Waals surface area contributed by atoms with Gasteiger partial charge in [-0.25, -0.2) is 4.79 Å². The fourth-order valence-corrected chi connectivity index (χ4v) is 2.92. The highest BCUT2D eigenvalue weighted by molar-refractivity contribution is 7.10. The van der Waals surface area contributed by atoms with E-state index in [1.165, 1.54) is 11.3 Å². The number of esters is 1. The third kappa shape index (κ3) is 4.28.